The summed E-state index contributed by atoms with van der Waals surface area (Å²) < 4.78 is 96.6. The van der Waals surface area contributed by atoms with Crippen molar-refractivity contribution < 1.29 is 34.8 Å². The molecule has 0 saturated heterocycles. The summed E-state index contributed by atoms with van der Waals surface area (Å²) in [7, 11) is -4.17. The SMILES string of the molecule is Nc1cc(C(F)(F)F)ccc1S(=O)(=O)CCCC(F)(F)F. The fourth-order valence-electron chi connectivity index (χ4n) is 1.58. The molecule has 0 fully saturated rings. The zero-order valence-electron chi connectivity index (χ0n) is 10.4. The zero-order valence-corrected chi connectivity index (χ0v) is 11.2. The lowest BCUT2D eigenvalue weighted by Gasteiger charge is -2.12. The first-order valence-corrected chi connectivity index (χ1v) is 7.24. The van der Waals surface area contributed by atoms with Gasteiger partial charge in [0.05, 0.1) is 21.9 Å². The number of anilines is 1. The molecule has 1 aromatic rings. The first-order valence-electron chi connectivity index (χ1n) is 5.59. The lowest BCUT2D eigenvalue weighted by atomic mass is 10.2. The number of rotatable bonds is 4. The minimum absolute atomic E-state index is 0.441. The van der Waals surface area contributed by atoms with Gasteiger partial charge in [0, 0.05) is 6.42 Å². The summed E-state index contributed by atoms with van der Waals surface area (Å²) in [5.41, 5.74) is 3.49. The molecule has 120 valence electrons. The van der Waals surface area contributed by atoms with Crippen LogP contribution in [0.5, 0.6) is 0 Å². The highest BCUT2D eigenvalue weighted by molar-refractivity contribution is 7.91. The molecule has 0 aliphatic heterocycles. The average Bonchev–Trinajstić information content (AvgIpc) is 2.24. The van der Waals surface area contributed by atoms with E-state index in [0.29, 0.717) is 18.2 Å². The third-order valence-corrected chi connectivity index (χ3v) is 4.41. The van der Waals surface area contributed by atoms with Crippen molar-refractivity contribution in [1.82, 2.24) is 0 Å². The van der Waals surface area contributed by atoms with Gasteiger partial charge in [0.1, 0.15) is 0 Å². The first kappa shape index (κ1) is 17.6. The van der Waals surface area contributed by atoms with Crippen LogP contribution < -0.4 is 5.73 Å². The van der Waals surface area contributed by atoms with Crippen molar-refractivity contribution in [2.75, 3.05) is 11.5 Å². The molecule has 2 N–H and O–H groups in total. The van der Waals surface area contributed by atoms with Crippen LogP contribution in [0.4, 0.5) is 32.0 Å². The Morgan fingerprint density at radius 1 is 1.05 bits per heavy atom. The van der Waals surface area contributed by atoms with Crippen LogP contribution in [0.15, 0.2) is 23.1 Å². The molecule has 0 radical (unpaired) electrons. The highest BCUT2D eigenvalue weighted by Crippen LogP contribution is 2.33. The van der Waals surface area contributed by atoms with E-state index in [9.17, 15) is 34.8 Å². The van der Waals surface area contributed by atoms with Crippen LogP contribution in [0.2, 0.25) is 0 Å². The van der Waals surface area contributed by atoms with Crippen molar-refractivity contribution in [2.45, 2.75) is 30.1 Å². The third kappa shape index (κ3) is 5.10. The van der Waals surface area contributed by atoms with E-state index in [1.807, 2.05) is 0 Å². The van der Waals surface area contributed by atoms with Gasteiger partial charge in [-0.1, -0.05) is 0 Å². The van der Waals surface area contributed by atoms with E-state index in [2.05, 4.69) is 0 Å². The molecule has 0 spiro atoms. The summed E-state index contributed by atoms with van der Waals surface area (Å²) >= 11 is 0. The molecule has 0 saturated carbocycles. The number of alkyl halides is 6. The van der Waals surface area contributed by atoms with Gasteiger partial charge in [-0.3, -0.25) is 0 Å². The van der Waals surface area contributed by atoms with E-state index in [1.165, 1.54) is 0 Å². The number of sulfone groups is 1. The van der Waals surface area contributed by atoms with Crippen LogP contribution in [0.25, 0.3) is 0 Å². The smallest absolute Gasteiger partial charge is 0.398 e. The van der Waals surface area contributed by atoms with Gasteiger partial charge in [-0.2, -0.15) is 26.3 Å². The van der Waals surface area contributed by atoms with Crippen molar-refractivity contribution in [2.24, 2.45) is 0 Å². The van der Waals surface area contributed by atoms with Crippen LogP contribution in [-0.2, 0) is 16.0 Å². The normalized spacial score (nSPS) is 13.4. The van der Waals surface area contributed by atoms with E-state index >= 15 is 0 Å². The lowest BCUT2D eigenvalue weighted by molar-refractivity contribution is -0.137. The van der Waals surface area contributed by atoms with Gasteiger partial charge in [0.15, 0.2) is 9.84 Å². The summed E-state index contributed by atoms with van der Waals surface area (Å²) in [6.07, 6.45) is -11.2. The summed E-state index contributed by atoms with van der Waals surface area (Å²) in [6, 6.07) is 1.62. The van der Waals surface area contributed by atoms with Gasteiger partial charge in [-0.05, 0) is 24.6 Å². The van der Waals surface area contributed by atoms with E-state index < -0.39 is 56.9 Å². The van der Waals surface area contributed by atoms with E-state index in [-0.39, 0.29) is 0 Å². The highest BCUT2D eigenvalue weighted by Gasteiger charge is 2.32. The van der Waals surface area contributed by atoms with E-state index in [0.717, 1.165) is 0 Å². The van der Waals surface area contributed by atoms with Crippen LogP contribution >= 0.6 is 0 Å². The molecule has 0 atom stereocenters. The highest BCUT2D eigenvalue weighted by atomic mass is 32.2. The molecule has 0 bridgehead atoms. The second kappa shape index (κ2) is 5.74. The van der Waals surface area contributed by atoms with Crippen molar-refractivity contribution >= 4 is 15.5 Å². The van der Waals surface area contributed by atoms with Crippen molar-refractivity contribution in [3.8, 4) is 0 Å². The molecule has 0 heterocycles. The van der Waals surface area contributed by atoms with Crippen LogP contribution in [0, 0.1) is 0 Å². The van der Waals surface area contributed by atoms with Crippen molar-refractivity contribution in [3.05, 3.63) is 23.8 Å². The van der Waals surface area contributed by atoms with E-state index in [1.54, 1.807) is 0 Å². The maximum absolute atomic E-state index is 12.4. The standard InChI is InChI=1S/C11H11F6NO2S/c12-10(13,14)4-1-5-21(19,20)9-3-2-7(6-8(9)18)11(15,16)17/h2-3,6H,1,4-5,18H2. The van der Waals surface area contributed by atoms with Gasteiger partial charge < -0.3 is 5.73 Å². The molecule has 10 heteroatoms. The molecule has 0 amide bonds. The Morgan fingerprint density at radius 2 is 1.62 bits per heavy atom. The molecule has 0 aromatic heterocycles. The zero-order chi connectivity index (χ0) is 16.5. The van der Waals surface area contributed by atoms with Crippen LogP contribution in [0.1, 0.15) is 18.4 Å². The Labute approximate surface area is 116 Å². The molecular formula is C11H11F6NO2S. The molecule has 0 unspecified atom stereocenters. The van der Waals surface area contributed by atoms with Crippen LogP contribution in [0.3, 0.4) is 0 Å². The van der Waals surface area contributed by atoms with Gasteiger partial charge in [-0.25, -0.2) is 8.42 Å². The topological polar surface area (TPSA) is 60.2 Å². The number of benzene rings is 1. The Hall–Kier alpha value is -1.45. The van der Waals surface area contributed by atoms with Crippen molar-refractivity contribution in [1.29, 1.82) is 0 Å². The number of nitrogens with two attached hydrogens (primary N) is 1. The summed E-state index contributed by atoms with van der Waals surface area (Å²) in [6.45, 7) is 0. The monoisotopic (exact) mass is 335 g/mol. The maximum Gasteiger partial charge on any atom is 0.416 e. The molecule has 0 aliphatic carbocycles. The molecule has 3 nitrogen and oxygen atoms in total. The van der Waals surface area contributed by atoms with Gasteiger partial charge in [0.25, 0.3) is 0 Å². The quantitative estimate of drug-likeness (QED) is 0.678. The Kier molecular flexibility index (Phi) is 4.81. The third-order valence-electron chi connectivity index (χ3n) is 2.55. The molecule has 21 heavy (non-hydrogen) atoms. The second-order valence-corrected chi connectivity index (χ2v) is 6.37. The minimum Gasteiger partial charge on any atom is -0.398 e. The predicted molar refractivity (Wildman–Crippen MR) is 63.2 cm³/mol. The number of nitrogen functional groups attached to an aromatic ring is 1. The molecular weight excluding hydrogens is 324 g/mol. The van der Waals surface area contributed by atoms with Gasteiger partial charge >= 0.3 is 12.4 Å². The number of hydrogen-bond donors (Lipinski definition) is 1. The number of hydrogen-bond acceptors (Lipinski definition) is 3. The predicted octanol–water partition coefficient (Wildman–Crippen LogP) is 3.40. The van der Waals surface area contributed by atoms with Crippen molar-refractivity contribution in [3.63, 3.8) is 0 Å². The Morgan fingerprint density at radius 3 is 2.05 bits per heavy atom. The maximum atomic E-state index is 12.4. The van der Waals surface area contributed by atoms with Gasteiger partial charge in [0.2, 0.25) is 0 Å². The summed E-state index contributed by atoms with van der Waals surface area (Å²) in [4.78, 5) is -0.599. The number of halogens is 6. The second-order valence-electron chi connectivity index (χ2n) is 4.29. The first-order chi connectivity index (χ1) is 9.33. The Balaban J connectivity index is 2.94. The summed E-state index contributed by atoms with van der Waals surface area (Å²) in [5.74, 6) is -0.845. The lowest BCUT2D eigenvalue weighted by Crippen LogP contribution is -2.14. The average molecular weight is 335 g/mol. The van der Waals surface area contributed by atoms with Crippen LogP contribution in [-0.4, -0.2) is 20.3 Å². The largest absolute Gasteiger partial charge is 0.416 e. The fraction of sp³-hybridized carbons (Fsp3) is 0.455. The molecule has 0 aliphatic rings. The van der Waals surface area contributed by atoms with E-state index in [4.69, 9.17) is 5.73 Å². The minimum atomic E-state index is -4.69. The molecule has 1 rings (SSSR count). The Bertz CT molecular complexity index is 606. The molecule has 1 aromatic carbocycles. The van der Waals surface area contributed by atoms with Gasteiger partial charge in [-0.15, -0.1) is 0 Å². The summed E-state index contributed by atoms with van der Waals surface area (Å²) in [5, 5.41) is 0. The fourth-order valence-corrected chi connectivity index (χ4v) is 3.02.